The summed E-state index contributed by atoms with van der Waals surface area (Å²) in [6.45, 7) is 1.89. The van der Waals surface area contributed by atoms with Crippen LogP contribution in [-0.2, 0) is 10.2 Å². The van der Waals surface area contributed by atoms with Crippen LogP contribution in [0.15, 0.2) is 18.2 Å². The number of hydrogen-bond acceptors (Lipinski definition) is 2. The number of halogens is 2. The van der Waals surface area contributed by atoms with E-state index in [0.717, 1.165) is 18.4 Å². The molecule has 4 heteroatoms. The highest BCUT2D eigenvalue weighted by atomic mass is 35.5. The van der Waals surface area contributed by atoms with Gasteiger partial charge in [0.05, 0.1) is 0 Å². The molecule has 88 valence electrons. The summed E-state index contributed by atoms with van der Waals surface area (Å²) in [5, 5.41) is 0.465. The third-order valence-corrected chi connectivity index (χ3v) is 3.66. The van der Waals surface area contributed by atoms with Crippen molar-refractivity contribution in [2.75, 3.05) is 19.8 Å². The SMILES string of the molecule is NCC1(c2ccc(F)cc2Cl)CCOCC1. The molecule has 0 atom stereocenters. The van der Waals surface area contributed by atoms with Crippen LogP contribution in [0.2, 0.25) is 5.02 Å². The Balaban J connectivity index is 2.39. The maximum Gasteiger partial charge on any atom is 0.124 e. The zero-order valence-electron chi connectivity index (χ0n) is 9.01. The Hall–Kier alpha value is -0.640. The Bertz CT molecular complexity index is 377. The Morgan fingerprint density at radius 1 is 1.38 bits per heavy atom. The van der Waals surface area contributed by atoms with Gasteiger partial charge in [0.15, 0.2) is 0 Å². The van der Waals surface area contributed by atoms with Crippen molar-refractivity contribution in [3.63, 3.8) is 0 Å². The van der Waals surface area contributed by atoms with E-state index in [1.54, 1.807) is 6.07 Å². The Morgan fingerprint density at radius 3 is 2.62 bits per heavy atom. The third kappa shape index (κ3) is 2.08. The second-order valence-corrected chi connectivity index (χ2v) is 4.63. The molecule has 0 aromatic heterocycles. The predicted molar refractivity (Wildman–Crippen MR) is 62.2 cm³/mol. The number of benzene rings is 1. The van der Waals surface area contributed by atoms with Gasteiger partial charge in [-0.3, -0.25) is 0 Å². The van der Waals surface area contributed by atoms with Crippen LogP contribution < -0.4 is 5.73 Å². The maximum absolute atomic E-state index is 13.0. The molecule has 1 aromatic rings. The van der Waals surface area contributed by atoms with Crippen LogP contribution in [0.1, 0.15) is 18.4 Å². The lowest BCUT2D eigenvalue weighted by Crippen LogP contribution is -2.40. The minimum Gasteiger partial charge on any atom is -0.381 e. The molecule has 0 saturated carbocycles. The Kier molecular flexibility index (Phi) is 3.47. The molecule has 2 rings (SSSR count). The summed E-state index contributed by atoms with van der Waals surface area (Å²) in [5.41, 5.74) is 6.67. The highest BCUT2D eigenvalue weighted by Gasteiger charge is 2.34. The van der Waals surface area contributed by atoms with Gasteiger partial charge in [0.2, 0.25) is 0 Å². The molecular weight excluding hydrogens is 229 g/mol. The van der Waals surface area contributed by atoms with Crippen LogP contribution in [0.5, 0.6) is 0 Å². The van der Waals surface area contributed by atoms with Crippen molar-refractivity contribution in [3.8, 4) is 0 Å². The molecule has 2 nitrogen and oxygen atoms in total. The summed E-state index contributed by atoms with van der Waals surface area (Å²) >= 11 is 6.09. The molecular formula is C12H15ClFNO. The predicted octanol–water partition coefficient (Wildman–Crippen LogP) is 2.49. The van der Waals surface area contributed by atoms with Crippen LogP contribution in [0.3, 0.4) is 0 Å². The van der Waals surface area contributed by atoms with Gasteiger partial charge >= 0.3 is 0 Å². The first-order valence-electron chi connectivity index (χ1n) is 5.41. The van der Waals surface area contributed by atoms with E-state index >= 15 is 0 Å². The second-order valence-electron chi connectivity index (χ2n) is 4.22. The molecule has 0 aliphatic carbocycles. The first-order chi connectivity index (χ1) is 7.68. The average Bonchev–Trinajstić information content (AvgIpc) is 2.30. The highest BCUT2D eigenvalue weighted by Crippen LogP contribution is 2.37. The number of ether oxygens (including phenoxy) is 1. The molecule has 0 amide bonds. The van der Waals surface area contributed by atoms with E-state index in [4.69, 9.17) is 22.1 Å². The Labute approximate surface area is 99.5 Å². The molecule has 0 spiro atoms. The van der Waals surface area contributed by atoms with Crippen molar-refractivity contribution in [1.29, 1.82) is 0 Å². The lowest BCUT2D eigenvalue weighted by atomic mass is 9.74. The molecule has 1 saturated heterocycles. The molecule has 0 bridgehead atoms. The molecule has 1 aromatic carbocycles. The largest absolute Gasteiger partial charge is 0.381 e. The smallest absolute Gasteiger partial charge is 0.124 e. The van der Waals surface area contributed by atoms with Gasteiger partial charge in [-0.15, -0.1) is 0 Å². The van der Waals surface area contributed by atoms with Crippen molar-refractivity contribution in [2.45, 2.75) is 18.3 Å². The lowest BCUT2D eigenvalue weighted by molar-refractivity contribution is 0.0530. The van der Waals surface area contributed by atoms with E-state index in [-0.39, 0.29) is 11.2 Å². The van der Waals surface area contributed by atoms with Gasteiger partial charge in [-0.05, 0) is 30.5 Å². The average molecular weight is 244 g/mol. The zero-order chi connectivity index (χ0) is 11.6. The Morgan fingerprint density at radius 2 is 2.06 bits per heavy atom. The lowest BCUT2D eigenvalue weighted by Gasteiger charge is -2.37. The second kappa shape index (κ2) is 4.70. The van der Waals surface area contributed by atoms with Crippen LogP contribution in [0.25, 0.3) is 0 Å². The van der Waals surface area contributed by atoms with Crippen molar-refractivity contribution in [3.05, 3.63) is 34.6 Å². The number of hydrogen-bond donors (Lipinski definition) is 1. The van der Waals surface area contributed by atoms with E-state index < -0.39 is 0 Å². The van der Waals surface area contributed by atoms with Crippen molar-refractivity contribution in [1.82, 2.24) is 0 Å². The summed E-state index contributed by atoms with van der Waals surface area (Å²) in [4.78, 5) is 0. The van der Waals surface area contributed by atoms with Crippen molar-refractivity contribution in [2.24, 2.45) is 5.73 Å². The topological polar surface area (TPSA) is 35.2 Å². The number of nitrogens with two attached hydrogens (primary N) is 1. The highest BCUT2D eigenvalue weighted by molar-refractivity contribution is 6.31. The van der Waals surface area contributed by atoms with E-state index in [0.29, 0.717) is 24.8 Å². The van der Waals surface area contributed by atoms with Gasteiger partial charge in [0, 0.05) is 30.2 Å². The first-order valence-corrected chi connectivity index (χ1v) is 5.79. The maximum atomic E-state index is 13.0. The minimum atomic E-state index is -0.312. The quantitative estimate of drug-likeness (QED) is 0.866. The molecule has 16 heavy (non-hydrogen) atoms. The molecule has 1 aliphatic rings. The van der Waals surface area contributed by atoms with Crippen LogP contribution in [-0.4, -0.2) is 19.8 Å². The van der Waals surface area contributed by atoms with Gasteiger partial charge in [-0.1, -0.05) is 17.7 Å². The zero-order valence-corrected chi connectivity index (χ0v) is 9.77. The summed E-state index contributed by atoms with van der Waals surface area (Å²) in [5.74, 6) is -0.312. The van der Waals surface area contributed by atoms with Gasteiger partial charge in [-0.2, -0.15) is 0 Å². The van der Waals surface area contributed by atoms with E-state index in [1.807, 2.05) is 0 Å². The fourth-order valence-corrected chi connectivity index (χ4v) is 2.63. The molecule has 1 heterocycles. The van der Waals surface area contributed by atoms with Crippen molar-refractivity contribution >= 4 is 11.6 Å². The van der Waals surface area contributed by atoms with Crippen LogP contribution in [0.4, 0.5) is 4.39 Å². The normalized spacial score (nSPS) is 19.7. The van der Waals surface area contributed by atoms with Crippen LogP contribution >= 0.6 is 11.6 Å². The standard InChI is InChI=1S/C12H15ClFNO/c13-11-7-9(14)1-2-10(11)12(8-15)3-5-16-6-4-12/h1-2,7H,3-6,8,15H2. The van der Waals surface area contributed by atoms with E-state index in [1.165, 1.54) is 12.1 Å². The monoisotopic (exact) mass is 243 g/mol. The molecule has 2 N–H and O–H groups in total. The molecule has 0 radical (unpaired) electrons. The van der Waals surface area contributed by atoms with Gasteiger partial charge in [0.25, 0.3) is 0 Å². The summed E-state index contributed by atoms with van der Waals surface area (Å²) in [6, 6.07) is 4.54. The molecule has 1 aliphatic heterocycles. The van der Waals surface area contributed by atoms with Gasteiger partial charge < -0.3 is 10.5 Å². The third-order valence-electron chi connectivity index (χ3n) is 3.34. The first kappa shape index (κ1) is 11.8. The number of rotatable bonds is 2. The summed E-state index contributed by atoms with van der Waals surface area (Å²) in [7, 11) is 0. The molecule has 1 fully saturated rings. The summed E-state index contributed by atoms with van der Waals surface area (Å²) in [6.07, 6.45) is 1.68. The van der Waals surface area contributed by atoms with Gasteiger partial charge in [-0.25, -0.2) is 4.39 Å². The molecule has 0 unspecified atom stereocenters. The fourth-order valence-electron chi connectivity index (χ4n) is 2.27. The minimum absolute atomic E-state index is 0.150. The van der Waals surface area contributed by atoms with E-state index in [2.05, 4.69) is 0 Å². The fraction of sp³-hybridized carbons (Fsp3) is 0.500. The summed E-state index contributed by atoms with van der Waals surface area (Å²) < 4.78 is 18.3. The van der Waals surface area contributed by atoms with Crippen molar-refractivity contribution < 1.29 is 9.13 Å². The van der Waals surface area contributed by atoms with Crippen LogP contribution in [0, 0.1) is 5.82 Å². The van der Waals surface area contributed by atoms with Gasteiger partial charge in [0.1, 0.15) is 5.82 Å². The van der Waals surface area contributed by atoms with E-state index in [9.17, 15) is 4.39 Å².